The lowest BCUT2D eigenvalue weighted by atomic mass is 10.0. The highest BCUT2D eigenvalue weighted by Crippen LogP contribution is 2.21. The Kier molecular flexibility index (Phi) is 6.84. The zero-order chi connectivity index (χ0) is 17.6. The number of methoxy groups -OCH3 is 1. The third kappa shape index (κ3) is 5.45. The molecule has 1 atom stereocenters. The van der Waals surface area contributed by atoms with Crippen LogP contribution in [0.5, 0.6) is 5.75 Å². The minimum absolute atomic E-state index is 0.0914. The van der Waals surface area contributed by atoms with Crippen LogP contribution in [-0.2, 0) is 14.3 Å². The number of halogens is 1. The van der Waals surface area contributed by atoms with E-state index in [1.54, 1.807) is 13.8 Å². The van der Waals surface area contributed by atoms with E-state index in [2.05, 4.69) is 15.4 Å². The number of ether oxygens (including phenoxy) is 1. The number of phenols is 1. The number of anilines is 1. The summed E-state index contributed by atoms with van der Waals surface area (Å²) >= 11 is 5.43. The summed E-state index contributed by atoms with van der Waals surface area (Å²) in [5, 5.41) is 14.7. The molecule has 0 aliphatic rings. The molecule has 0 heterocycles. The third-order valence-corrected chi connectivity index (χ3v) is 3.24. The molecule has 1 aromatic carbocycles. The molecule has 1 rings (SSSR count). The molecule has 2 amide bonds. The van der Waals surface area contributed by atoms with E-state index < -0.39 is 23.8 Å². The van der Waals surface area contributed by atoms with Crippen LogP contribution < -0.4 is 10.6 Å². The first-order valence-corrected chi connectivity index (χ1v) is 7.40. The minimum atomic E-state index is -0.801. The Bertz CT molecular complexity index is 604. The summed E-state index contributed by atoms with van der Waals surface area (Å²) in [6.07, 6.45) is 0. The van der Waals surface area contributed by atoms with Gasteiger partial charge in [-0.1, -0.05) is 13.8 Å². The van der Waals surface area contributed by atoms with E-state index in [0.29, 0.717) is 0 Å². The van der Waals surface area contributed by atoms with Crippen molar-refractivity contribution in [3.05, 3.63) is 23.8 Å². The van der Waals surface area contributed by atoms with E-state index in [1.807, 2.05) is 0 Å². The molecule has 1 unspecified atom stereocenters. The fourth-order valence-electron chi connectivity index (χ4n) is 1.89. The Morgan fingerprint density at radius 1 is 1.26 bits per heavy atom. The largest absolute Gasteiger partial charge is 0.508 e. The molecule has 0 spiro atoms. The van der Waals surface area contributed by atoms with Crippen molar-refractivity contribution in [3.63, 3.8) is 0 Å². The predicted octanol–water partition coefficient (Wildman–Crippen LogP) is 1.50. The SMILES string of the molecule is COC(=O)c1cc(O)cc(NC(=O)C(NC(=O)CCl)C(C)C)c1. The molecular formula is C15H19ClN2O5. The topological polar surface area (TPSA) is 105 Å². The van der Waals surface area contributed by atoms with Gasteiger partial charge in [-0.15, -0.1) is 11.6 Å². The zero-order valence-corrected chi connectivity index (χ0v) is 13.8. The van der Waals surface area contributed by atoms with Gasteiger partial charge in [0.15, 0.2) is 0 Å². The van der Waals surface area contributed by atoms with Crippen LogP contribution in [0.25, 0.3) is 0 Å². The molecule has 23 heavy (non-hydrogen) atoms. The average Bonchev–Trinajstić information content (AvgIpc) is 2.50. The van der Waals surface area contributed by atoms with Crippen LogP contribution in [-0.4, -0.2) is 41.9 Å². The normalized spacial score (nSPS) is 11.7. The summed E-state index contributed by atoms with van der Waals surface area (Å²) in [7, 11) is 1.21. The predicted molar refractivity (Wildman–Crippen MR) is 85.6 cm³/mol. The van der Waals surface area contributed by atoms with Gasteiger partial charge in [0.1, 0.15) is 17.7 Å². The monoisotopic (exact) mass is 342 g/mol. The number of carbonyl (C=O) groups excluding carboxylic acids is 3. The highest BCUT2D eigenvalue weighted by Gasteiger charge is 2.24. The first kappa shape index (κ1) is 18.8. The Morgan fingerprint density at radius 2 is 1.91 bits per heavy atom. The second kappa shape index (κ2) is 8.38. The lowest BCUT2D eigenvalue weighted by Crippen LogP contribution is -2.47. The molecular weight excluding hydrogens is 324 g/mol. The van der Waals surface area contributed by atoms with Crippen LogP contribution in [0.1, 0.15) is 24.2 Å². The van der Waals surface area contributed by atoms with Crippen molar-refractivity contribution in [2.75, 3.05) is 18.3 Å². The van der Waals surface area contributed by atoms with E-state index in [-0.39, 0.29) is 28.8 Å². The van der Waals surface area contributed by atoms with Crippen LogP contribution in [0, 0.1) is 5.92 Å². The van der Waals surface area contributed by atoms with Crippen molar-refractivity contribution in [3.8, 4) is 5.75 Å². The van der Waals surface area contributed by atoms with Crippen LogP contribution in [0.4, 0.5) is 5.69 Å². The summed E-state index contributed by atoms with van der Waals surface area (Å²) in [5.74, 6) is -2.23. The number of alkyl halides is 1. The molecule has 7 nitrogen and oxygen atoms in total. The molecule has 0 aromatic heterocycles. The van der Waals surface area contributed by atoms with Crippen molar-refractivity contribution in [2.45, 2.75) is 19.9 Å². The van der Waals surface area contributed by atoms with Gasteiger partial charge in [0.2, 0.25) is 11.8 Å². The summed E-state index contributed by atoms with van der Waals surface area (Å²) in [6, 6.07) is 3.07. The number of benzene rings is 1. The Morgan fingerprint density at radius 3 is 2.43 bits per heavy atom. The standard InChI is InChI=1S/C15H19ClN2O5/c1-8(2)13(18-12(20)7-16)14(21)17-10-4-9(15(22)23-3)5-11(19)6-10/h4-6,8,13,19H,7H2,1-3H3,(H,17,21)(H,18,20). The third-order valence-electron chi connectivity index (χ3n) is 2.99. The lowest BCUT2D eigenvalue weighted by molar-refractivity contribution is -0.125. The van der Waals surface area contributed by atoms with E-state index in [1.165, 1.54) is 25.3 Å². The maximum Gasteiger partial charge on any atom is 0.338 e. The number of hydrogen-bond donors (Lipinski definition) is 3. The highest BCUT2D eigenvalue weighted by atomic mass is 35.5. The quantitative estimate of drug-likeness (QED) is 0.536. The van der Waals surface area contributed by atoms with Crippen LogP contribution >= 0.6 is 11.6 Å². The lowest BCUT2D eigenvalue weighted by Gasteiger charge is -2.21. The smallest absolute Gasteiger partial charge is 0.338 e. The van der Waals surface area contributed by atoms with Crippen LogP contribution in [0.15, 0.2) is 18.2 Å². The van der Waals surface area contributed by atoms with Gasteiger partial charge in [0.05, 0.1) is 12.7 Å². The first-order valence-electron chi connectivity index (χ1n) is 6.87. The van der Waals surface area contributed by atoms with Gasteiger partial charge in [-0.3, -0.25) is 9.59 Å². The molecule has 0 aliphatic carbocycles. The summed E-state index contributed by atoms with van der Waals surface area (Å²) < 4.78 is 4.57. The molecule has 0 radical (unpaired) electrons. The molecule has 0 bridgehead atoms. The number of amides is 2. The number of hydrogen-bond acceptors (Lipinski definition) is 5. The molecule has 0 aliphatic heterocycles. The number of esters is 1. The Hall–Kier alpha value is -2.28. The maximum absolute atomic E-state index is 12.3. The van der Waals surface area contributed by atoms with Gasteiger partial charge in [-0.05, 0) is 18.1 Å². The molecule has 3 N–H and O–H groups in total. The summed E-state index contributed by atoms with van der Waals surface area (Å²) in [5.41, 5.74) is 0.301. The molecule has 126 valence electrons. The number of nitrogens with one attached hydrogen (secondary N) is 2. The average molecular weight is 343 g/mol. The second-order valence-electron chi connectivity index (χ2n) is 5.17. The Balaban J connectivity index is 2.96. The zero-order valence-electron chi connectivity index (χ0n) is 13.1. The summed E-state index contributed by atoms with van der Waals surface area (Å²) in [4.78, 5) is 35.2. The van der Waals surface area contributed by atoms with Gasteiger partial charge >= 0.3 is 5.97 Å². The number of aromatic hydroxyl groups is 1. The molecule has 0 saturated heterocycles. The summed E-state index contributed by atoms with van der Waals surface area (Å²) in [6.45, 7) is 3.53. The van der Waals surface area contributed by atoms with Crippen molar-refractivity contribution >= 4 is 35.1 Å². The molecule has 0 saturated carbocycles. The van der Waals surface area contributed by atoms with Crippen molar-refractivity contribution in [2.24, 2.45) is 5.92 Å². The van der Waals surface area contributed by atoms with E-state index in [4.69, 9.17) is 11.6 Å². The first-order chi connectivity index (χ1) is 10.8. The van der Waals surface area contributed by atoms with Crippen LogP contribution in [0.2, 0.25) is 0 Å². The van der Waals surface area contributed by atoms with Gasteiger partial charge in [-0.25, -0.2) is 4.79 Å². The van der Waals surface area contributed by atoms with E-state index >= 15 is 0 Å². The van der Waals surface area contributed by atoms with Gasteiger partial charge in [0.25, 0.3) is 0 Å². The van der Waals surface area contributed by atoms with Crippen LogP contribution in [0.3, 0.4) is 0 Å². The number of carbonyl (C=O) groups is 3. The Labute approximate surface area is 139 Å². The fourth-order valence-corrected chi connectivity index (χ4v) is 1.96. The van der Waals surface area contributed by atoms with Crippen molar-refractivity contribution < 1.29 is 24.2 Å². The van der Waals surface area contributed by atoms with Gasteiger partial charge in [0, 0.05) is 11.8 Å². The van der Waals surface area contributed by atoms with Gasteiger partial charge < -0.3 is 20.5 Å². The maximum atomic E-state index is 12.3. The van der Waals surface area contributed by atoms with Crippen molar-refractivity contribution in [1.82, 2.24) is 5.32 Å². The highest BCUT2D eigenvalue weighted by molar-refractivity contribution is 6.27. The molecule has 8 heteroatoms. The minimum Gasteiger partial charge on any atom is -0.508 e. The van der Waals surface area contributed by atoms with E-state index in [0.717, 1.165) is 0 Å². The molecule has 1 aromatic rings. The van der Waals surface area contributed by atoms with Gasteiger partial charge in [-0.2, -0.15) is 0 Å². The molecule has 0 fully saturated rings. The van der Waals surface area contributed by atoms with Crippen molar-refractivity contribution in [1.29, 1.82) is 0 Å². The number of rotatable bonds is 6. The number of phenolic OH excluding ortho intramolecular Hbond substituents is 1. The second-order valence-corrected chi connectivity index (χ2v) is 5.44. The van der Waals surface area contributed by atoms with E-state index in [9.17, 15) is 19.5 Å². The fraction of sp³-hybridized carbons (Fsp3) is 0.400.